The van der Waals surface area contributed by atoms with Gasteiger partial charge in [-0.1, -0.05) is 5.16 Å². The molecule has 92 valence electrons. The van der Waals surface area contributed by atoms with Crippen LogP contribution in [0.15, 0.2) is 5.16 Å². The third-order valence-corrected chi connectivity index (χ3v) is 2.57. The van der Waals surface area contributed by atoms with Gasteiger partial charge in [0.05, 0.1) is 12.1 Å². The van der Waals surface area contributed by atoms with Gasteiger partial charge in [-0.15, -0.1) is 0 Å². The van der Waals surface area contributed by atoms with Gasteiger partial charge in [0.1, 0.15) is 6.61 Å². The van der Waals surface area contributed by atoms with Crippen LogP contribution in [-0.4, -0.2) is 47.1 Å². The van der Waals surface area contributed by atoms with Gasteiger partial charge in [0, 0.05) is 6.54 Å². The fourth-order valence-corrected chi connectivity index (χ4v) is 1.76. The average molecular weight is 229 g/mol. The Labute approximate surface area is 95.0 Å². The van der Waals surface area contributed by atoms with Gasteiger partial charge in [0.2, 0.25) is 5.91 Å². The van der Waals surface area contributed by atoms with E-state index in [1.807, 2.05) is 13.8 Å². The summed E-state index contributed by atoms with van der Waals surface area (Å²) in [4.78, 5) is 13.4. The normalized spacial score (nSPS) is 21.8. The van der Waals surface area contributed by atoms with Gasteiger partial charge in [0.15, 0.2) is 5.84 Å². The van der Waals surface area contributed by atoms with Crippen molar-refractivity contribution >= 4 is 11.7 Å². The van der Waals surface area contributed by atoms with Crippen LogP contribution in [0.25, 0.3) is 0 Å². The molecule has 0 bridgehead atoms. The van der Waals surface area contributed by atoms with Crippen molar-refractivity contribution in [3.8, 4) is 0 Å². The van der Waals surface area contributed by atoms with Crippen LogP contribution in [0.2, 0.25) is 0 Å². The van der Waals surface area contributed by atoms with E-state index in [4.69, 9.17) is 15.7 Å². The molecule has 1 aliphatic heterocycles. The number of hydrogen-bond acceptors (Lipinski definition) is 4. The zero-order valence-corrected chi connectivity index (χ0v) is 9.72. The van der Waals surface area contributed by atoms with Gasteiger partial charge in [-0.3, -0.25) is 4.79 Å². The van der Waals surface area contributed by atoms with Crippen molar-refractivity contribution in [1.29, 1.82) is 0 Å². The molecule has 6 heteroatoms. The highest BCUT2D eigenvalue weighted by molar-refractivity contribution is 5.90. The van der Waals surface area contributed by atoms with Crippen LogP contribution in [0.1, 0.15) is 26.7 Å². The third kappa shape index (κ3) is 3.10. The molecule has 0 aliphatic carbocycles. The van der Waals surface area contributed by atoms with Crippen LogP contribution in [0.3, 0.4) is 0 Å². The molecule has 1 fully saturated rings. The lowest BCUT2D eigenvalue weighted by Gasteiger charge is -2.23. The second-order valence-corrected chi connectivity index (χ2v) is 4.13. The van der Waals surface area contributed by atoms with Crippen molar-refractivity contribution in [3.63, 3.8) is 0 Å². The molecule has 0 spiro atoms. The highest BCUT2D eigenvalue weighted by Crippen LogP contribution is 2.17. The molecular formula is C10H19N3O3. The zero-order chi connectivity index (χ0) is 12.1. The minimum atomic E-state index is -0.284. The third-order valence-electron chi connectivity index (χ3n) is 2.57. The number of amidine groups is 1. The standard InChI is InChI=1S/C10H19N3O3/c1-7(2)16-6-9(14)13-5-3-4-8(13)10(11)12-15/h7-8,15H,3-6H2,1-2H3,(H2,11,12). The summed E-state index contributed by atoms with van der Waals surface area (Å²) < 4.78 is 5.24. The van der Waals surface area contributed by atoms with E-state index in [1.54, 1.807) is 4.90 Å². The molecule has 0 aromatic carbocycles. The molecule has 6 nitrogen and oxygen atoms in total. The molecule has 1 rings (SSSR count). The Morgan fingerprint density at radius 2 is 2.38 bits per heavy atom. The number of rotatable bonds is 4. The van der Waals surface area contributed by atoms with Gasteiger partial charge < -0.3 is 20.6 Å². The maximum atomic E-state index is 11.8. The summed E-state index contributed by atoms with van der Waals surface area (Å²) in [5, 5.41) is 11.6. The van der Waals surface area contributed by atoms with Crippen LogP contribution >= 0.6 is 0 Å². The molecule has 1 unspecified atom stereocenters. The van der Waals surface area contributed by atoms with Gasteiger partial charge >= 0.3 is 0 Å². The number of ether oxygens (including phenoxy) is 1. The largest absolute Gasteiger partial charge is 0.409 e. The molecule has 16 heavy (non-hydrogen) atoms. The molecular weight excluding hydrogens is 210 g/mol. The Bertz CT molecular complexity index is 278. The Morgan fingerprint density at radius 3 is 2.94 bits per heavy atom. The van der Waals surface area contributed by atoms with E-state index in [0.717, 1.165) is 12.8 Å². The highest BCUT2D eigenvalue weighted by atomic mass is 16.5. The van der Waals surface area contributed by atoms with Crippen LogP contribution in [0, 0.1) is 0 Å². The van der Waals surface area contributed by atoms with Crippen LogP contribution in [0.4, 0.5) is 0 Å². The Hall–Kier alpha value is -1.30. The number of likely N-dealkylation sites (tertiary alicyclic amines) is 1. The van der Waals surface area contributed by atoms with E-state index in [1.165, 1.54) is 0 Å². The fourth-order valence-electron chi connectivity index (χ4n) is 1.76. The van der Waals surface area contributed by atoms with Gasteiger partial charge in [-0.25, -0.2) is 0 Å². The highest BCUT2D eigenvalue weighted by Gasteiger charge is 2.31. The molecule has 1 aliphatic rings. The number of carbonyl (C=O) groups excluding carboxylic acids is 1. The number of oxime groups is 1. The van der Waals surface area contributed by atoms with E-state index in [2.05, 4.69) is 5.16 Å². The first kappa shape index (κ1) is 12.8. The Kier molecular flexibility index (Phi) is 4.54. The maximum Gasteiger partial charge on any atom is 0.249 e. The van der Waals surface area contributed by atoms with E-state index >= 15 is 0 Å². The smallest absolute Gasteiger partial charge is 0.249 e. The van der Waals surface area contributed by atoms with Gasteiger partial charge in [0.25, 0.3) is 0 Å². The minimum absolute atomic E-state index is 0.0221. The number of nitrogens with two attached hydrogens (primary N) is 1. The van der Waals surface area contributed by atoms with Gasteiger partial charge in [-0.05, 0) is 26.7 Å². The lowest BCUT2D eigenvalue weighted by Crippen LogP contribution is -2.45. The molecule has 0 radical (unpaired) electrons. The summed E-state index contributed by atoms with van der Waals surface area (Å²) in [6.07, 6.45) is 1.63. The number of nitrogens with zero attached hydrogens (tertiary/aromatic N) is 2. The van der Waals surface area contributed by atoms with Crippen LogP contribution < -0.4 is 5.73 Å². The molecule has 1 amide bonds. The predicted octanol–water partition coefficient (Wildman–Crippen LogP) is 0.149. The van der Waals surface area contributed by atoms with Crippen molar-refractivity contribution in [2.24, 2.45) is 10.9 Å². The summed E-state index contributed by atoms with van der Waals surface area (Å²) in [5.41, 5.74) is 5.53. The van der Waals surface area contributed by atoms with Crippen molar-refractivity contribution in [2.75, 3.05) is 13.2 Å². The monoisotopic (exact) mass is 229 g/mol. The number of amides is 1. The summed E-state index contributed by atoms with van der Waals surface area (Å²) >= 11 is 0. The lowest BCUT2D eigenvalue weighted by atomic mass is 10.2. The van der Waals surface area contributed by atoms with Crippen molar-refractivity contribution in [3.05, 3.63) is 0 Å². The average Bonchev–Trinajstić information content (AvgIpc) is 2.73. The lowest BCUT2D eigenvalue weighted by molar-refractivity contribution is -0.137. The molecule has 0 aromatic heterocycles. The summed E-state index contributed by atoms with van der Waals surface area (Å²) in [6, 6.07) is -0.284. The second kappa shape index (κ2) is 5.69. The van der Waals surface area contributed by atoms with Crippen molar-refractivity contribution < 1.29 is 14.7 Å². The van der Waals surface area contributed by atoms with E-state index in [9.17, 15) is 4.79 Å². The molecule has 1 heterocycles. The molecule has 1 atom stereocenters. The van der Waals surface area contributed by atoms with E-state index in [0.29, 0.717) is 6.54 Å². The topological polar surface area (TPSA) is 88.2 Å². The number of hydrogen-bond donors (Lipinski definition) is 2. The first-order valence-electron chi connectivity index (χ1n) is 5.44. The summed E-state index contributed by atoms with van der Waals surface area (Å²) in [7, 11) is 0. The Morgan fingerprint density at radius 1 is 1.69 bits per heavy atom. The van der Waals surface area contributed by atoms with Crippen LogP contribution in [0.5, 0.6) is 0 Å². The first-order valence-corrected chi connectivity index (χ1v) is 5.44. The molecule has 1 saturated heterocycles. The molecule has 0 aromatic rings. The SMILES string of the molecule is CC(C)OCC(=O)N1CCCC1C(N)=NO. The predicted molar refractivity (Wildman–Crippen MR) is 59.2 cm³/mol. The Balaban J connectivity index is 2.54. The number of carbonyl (C=O) groups is 1. The first-order chi connectivity index (χ1) is 7.56. The van der Waals surface area contributed by atoms with Crippen LogP contribution in [-0.2, 0) is 9.53 Å². The van der Waals surface area contributed by atoms with Crippen molar-refractivity contribution in [2.45, 2.75) is 38.8 Å². The van der Waals surface area contributed by atoms with E-state index in [-0.39, 0.29) is 30.5 Å². The zero-order valence-electron chi connectivity index (χ0n) is 9.72. The summed E-state index contributed by atoms with van der Waals surface area (Å²) in [5.74, 6) is -0.0156. The summed E-state index contributed by atoms with van der Waals surface area (Å²) in [6.45, 7) is 4.44. The van der Waals surface area contributed by atoms with Gasteiger partial charge in [-0.2, -0.15) is 0 Å². The van der Waals surface area contributed by atoms with E-state index < -0.39 is 0 Å². The molecule has 3 N–H and O–H groups in total. The molecule has 0 saturated carbocycles. The minimum Gasteiger partial charge on any atom is -0.409 e. The van der Waals surface area contributed by atoms with Crippen molar-refractivity contribution in [1.82, 2.24) is 4.90 Å². The fraction of sp³-hybridized carbons (Fsp3) is 0.800. The second-order valence-electron chi connectivity index (χ2n) is 4.13. The maximum absolute atomic E-state index is 11.8. The quantitative estimate of drug-likeness (QED) is 0.311.